The molecule has 0 unspecified atom stereocenters. The predicted octanol–water partition coefficient (Wildman–Crippen LogP) is 2.78. The van der Waals surface area contributed by atoms with E-state index < -0.39 is 5.97 Å². The Labute approximate surface area is 211 Å². The maximum absolute atomic E-state index is 15.0. The van der Waals surface area contributed by atoms with Crippen LogP contribution < -0.4 is 20.3 Å². The number of piperazine rings is 1. The van der Waals surface area contributed by atoms with E-state index in [1.54, 1.807) is 18.2 Å². The quantitative estimate of drug-likeness (QED) is 0.325. The summed E-state index contributed by atoms with van der Waals surface area (Å²) in [5.74, 6) is -0.657. The summed E-state index contributed by atoms with van der Waals surface area (Å²) in [5, 5.41) is 7.15. The largest absolute Gasteiger partial charge is 0.472 e. The Bertz CT molecular complexity index is 1070. The molecule has 0 spiro atoms. The summed E-state index contributed by atoms with van der Waals surface area (Å²) in [5.41, 5.74) is 6.86. The highest BCUT2D eigenvalue weighted by molar-refractivity contribution is 5.94. The van der Waals surface area contributed by atoms with E-state index in [0.717, 1.165) is 45.0 Å². The van der Waals surface area contributed by atoms with Crippen LogP contribution in [0.15, 0.2) is 36.5 Å². The Hall–Kier alpha value is -3.40. The fraction of sp³-hybridized carbons (Fsp3) is 0.500. The highest BCUT2D eigenvalue weighted by atomic mass is 19.1. The van der Waals surface area contributed by atoms with Crippen LogP contribution in [0, 0.1) is 11.2 Å². The van der Waals surface area contributed by atoms with Gasteiger partial charge in [-0.15, -0.1) is 0 Å². The number of carbonyl (C=O) groups is 1. The number of aromatic nitrogens is 1. The van der Waals surface area contributed by atoms with Gasteiger partial charge in [0.25, 0.3) is 0 Å². The number of nitrogens with one attached hydrogen (secondary N) is 1. The van der Waals surface area contributed by atoms with E-state index in [1.807, 2.05) is 37.9 Å². The van der Waals surface area contributed by atoms with Crippen molar-refractivity contribution in [1.82, 2.24) is 9.88 Å². The van der Waals surface area contributed by atoms with Gasteiger partial charge in [-0.1, -0.05) is 12.1 Å². The van der Waals surface area contributed by atoms with Gasteiger partial charge in [0.15, 0.2) is 5.82 Å². The molecule has 2 fully saturated rings. The van der Waals surface area contributed by atoms with E-state index in [1.165, 1.54) is 0 Å². The Morgan fingerprint density at radius 3 is 2.47 bits per heavy atom. The van der Waals surface area contributed by atoms with Gasteiger partial charge < -0.3 is 25.0 Å². The Kier molecular flexibility index (Phi) is 7.63. The average Bonchev–Trinajstić information content (AvgIpc) is 2.78. The first kappa shape index (κ1) is 25.7. The summed E-state index contributed by atoms with van der Waals surface area (Å²) in [7, 11) is 0. The number of benzene rings is 1. The fourth-order valence-electron chi connectivity index (χ4n) is 4.45. The van der Waals surface area contributed by atoms with Crippen molar-refractivity contribution in [3.05, 3.63) is 47.9 Å². The van der Waals surface area contributed by atoms with Crippen LogP contribution >= 0.6 is 0 Å². The smallest absolute Gasteiger partial charge is 0.313 e. The summed E-state index contributed by atoms with van der Waals surface area (Å²) in [6.07, 6.45) is 1.57. The van der Waals surface area contributed by atoms with Crippen molar-refractivity contribution in [2.45, 2.75) is 45.4 Å². The minimum atomic E-state index is -0.638. The third-order valence-corrected chi connectivity index (χ3v) is 6.31. The summed E-state index contributed by atoms with van der Waals surface area (Å²) in [4.78, 5) is 22.9. The molecule has 1 aromatic carbocycles. The summed E-state index contributed by atoms with van der Waals surface area (Å²) in [6.45, 7) is 11.0. The third kappa shape index (κ3) is 6.42. The summed E-state index contributed by atoms with van der Waals surface area (Å²) in [6, 6.07) is 9.48. The second-order valence-corrected chi connectivity index (χ2v) is 10.3. The Morgan fingerprint density at radius 1 is 1.14 bits per heavy atom. The molecule has 10 heteroatoms. The van der Waals surface area contributed by atoms with Crippen molar-refractivity contribution in [3.63, 3.8) is 0 Å². The molecule has 9 nitrogen and oxygen atoms in total. The maximum atomic E-state index is 15.0. The molecule has 0 aliphatic carbocycles. The number of halogens is 1. The third-order valence-electron chi connectivity index (χ3n) is 6.31. The van der Waals surface area contributed by atoms with Gasteiger partial charge in [-0.2, -0.15) is 0 Å². The zero-order valence-corrected chi connectivity index (χ0v) is 21.2. The van der Waals surface area contributed by atoms with Crippen molar-refractivity contribution >= 4 is 23.2 Å². The number of carbonyl (C=O) groups excluding carboxylic acids is 1. The number of nitrogens with zero attached hydrogens (tertiary/aromatic N) is 4. The number of nitrogens with two attached hydrogens (primary N) is 1. The lowest BCUT2D eigenvalue weighted by Crippen LogP contribution is -2.63. The van der Waals surface area contributed by atoms with E-state index >= 15 is 4.39 Å². The average molecular weight is 499 g/mol. The highest BCUT2D eigenvalue weighted by Crippen LogP contribution is 2.30. The second kappa shape index (κ2) is 10.7. The van der Waals surface area contributed by atoms with Crippen LogP contribution in [0.25, 0.3) is 0 Å². The van der Waals surface area contributed by atoms with Gasteiger partial charge in [0.2, 0.25) is 5.88 Å². The van der Waals surface area contributed by atoms with Crippen LogP contribution in [0.1, 0.15) is 32.8 Å². The number of pyridine rings is 1. The van der Waals surface area contributed by atoms with Gasteiger partial charge in [0.1, 0.15) is 24.5 Å². The second-order valence-electron chi connectivity index (χ2n) is 10.3. The van der Waals surface area contributed by atoms with Crippen LogP contribution in [0.5, 0.6) is 5.88 Å². The van der Waals surface area contributed by atoms with Crippen molar-refractivity contribution in [3.8, 4) is 5.88 Å². The van der Waals surface area contributed by atoms with E-state index in [-0.39, 0.29) is 30.3 Å². The topological polar surface area (TPSA) is 108 Å². The first-order valence-corrected chi connectivity index (χ1v) is 12.2. The van der Waals surface area contributed by atoms with Crippen LogP contribution in [-0.4, -0.2) is 72.6 Å². The molecular weight excluding hydrogens is 463 g/mol. The SMILES string of the molecule is CC(C)(C)Oc1ccc(N2CCN(C3CN(c4cccc(COC(=O)CC(=N)N)c4F)C3)CC2)cn1. The zero-order valence-electron chi connectivity index (χ0n) is 21.2. The lowest BCUT2D eigenvalue weighted by atomic mass is 10.0. The number of ether oxygens (including phenoxy) is 2. The number of rotatable bonds is 8. The minimum Gasteiger partial charge on any atom is -0.472 e. The number of hydrogen-bond donors (Lipinski definition) is 2. The number of amidine groups is 1. The fourth-order valence-corrected chi connectivity index (χ4v) is 4.45. The summed E-state index contributed by atoms with van der Waals surface area (Å²) < 4.78 is 25.9. The van der Waals surface area contributed by atoms with E-state index in [4.69, 9.17) is 20.6 Å². The van der Waals surface area contributed by atoms with E-state index in [9.17, 15) is 4.79 Å². The van der Waals surface area contributed by atoms with Crippen molar-refractivity contribution < 1.29 is 18.7 Å². The molecule has 0 atom stereocenters. The normalized spacial score (nSPS) is 17.0. The molecular formula is C26H35FN6O3. The molecule has 3 heterocycles. The van der Waals surface area contributed by atoms with Crippen molar-refractivity contribution in [1.29, 1.82) is 5.41 Å². The Balaban J connectivity index is 1.25. The molecule has 1 aromatic heterocycles. The van der Waals surface area contributed by atoms with Crippen LogP contribution in [-0.2, 0) is 16.1 Å². The van der Waals surface area contributed by atoms with Crippen LogP contribution in [0.2, 0.25) is 0 Å². The molecule has 3 N–H and O–H groups in total. The molecule has 36 heavy (non-hydrogen) atoms. The van der Waals surface area contributed by atoms with Crippen LogP contribution in [0.4, 0.5) is 15.8 Å². The van der Waals surface area contributed by atoms with Crippen molar-refractivity contribution in [2.24, 2.45) is 5.73 Å². The van der Waals surface area contributed by atoms with Gasteiger partial charge in [-0.3, -0.25) is 15.1 Å². The first-order valence-electron chi connectivity index (χ1n) is 12.2. The van der Waals surface area contributed by atoms with Gasteiger partial charge >= 0.3 is 5.97 Å². The monoisotopic (exact) mass is 498 g/mol. The molecule has 0 bridgehead atoms. The van der Waals surface area contributed by atoms with Crippen LogP contribution in [0.3, 0.4) is 0 Å². The molecule has 2 aromatic rings. The molecule has 0 saturated carbocycles. The Morgan fingerprint density at radius 2 is 1.86 bits per heavy atom. The molecule has 0 radical (unpaired) electrons. The zero-order chi connectivity index (χ0) is 25.9. The first-order chi connectivity index (χ1) is 17.1. The number of esters is 1. The molecule has 0 amide bonds. The van der Waals surface area contributed by atoms with Gasteiger partial charge in [-0.25, -0.2) is 9.37 Å². The van der Waals surface area contributed by atoms with Gasteiger partial charge in [-0.05, 0) is 32.9 Å². The number of hydrogen-bond acceptors (Lipinski definition) is 8. The molecule has 4 rings (SSSR count). The highest BCUT2D eigenvalue weighted by Gasteiger charge is 2.35. The van der Waals surface area contributed by atoms with Gasteiger partial charge in [0, 0.05) is 56.9 Å². The van der Waals surface area contributed by atoms with E-state index in [0.29, 0.717) is 23.2 Å². The molecule has 2 aliphatic rings. The maximum Gasteiger partial charge on any atom is 0.313 e. The molecule has 2 aliphatic heterocycles. The lowest BCUT2D eigenvalue weighted by molar-refractivity contribution is -0.143. The van der Waals surface area contributed by atoms with Crippen molar-refractivity contribution in [2.75, 3.05) is 49.1 Å². The standard InChI is InChI=1S/C26H35FN6O3/c1-26(2,3)36-23-8-7-19(14-30-23)31-9-11-32(12-10-31)20-15-33(16-20)21-6-4-5-18(25(21)27)17-35-24(34)13-22(28)29/h4-8,14,20H,9-13,15-17H2,1-3H3,(H3,28,29). The predicted molar refractivity (Wildman–Crippen MR) is 137 cm³/mol. The minimum absolute atomic E-state index is 0.177. The molecule has 194 valence electrons. The lowest BCUT2D eigenvalue weighted by Gasteiger charge is -2.49. The van der Waals surface area contributed by atoms with Gasteiger partial charge in [0.05, 0.1) is 17.6 Å². The number of anilines is 2. The molecule has 2 saturated heterocycles. The summed E-state index contributed by atoms with van der Waals surface area (Å²) >= 11 is 0. The van der Waals surface area contributed by atoms with E-state index in [2.05, 4.69) is 20.9 Å².